The molecule has 2 unspecified atom stereocenters. The van der Waals surface area contributed by atoms with E-state index in [9.17, 15) is 0 Å². The Labute approximate surface area is 48.1 Å². The molecule has 0 saturated carbocycles. The average Bonchev–Trinajstić information content (AvgIpc) is 2.44. The number of aliphatic hydroxyl groups excluding tert-OH is 1. The maximum absolute atomic E-state index is 8.98. The van der Waals surface area contributed by atoms with Gasteiger partial charge in [0, 0.05) is 11.0 Å². The zero-order chi connectivity index (χ0) is 5.28. The van der Waals surface area contributed by atoms with E-state index in [-0.39, 0.29) is 6.10 Å². The minimum atomic E-state index is -0.0231. The predicted octanol–water partition coefficient (Wildman–Crippen LogP) is 0.873. The predicted molar refractivity (Wildman–Crippen MR) is 32.5 cm³/mol. The maximum atomic E-state index is 8.98. The Balaban J connectivity index is 2.10. The smallest absolute Gasteiger partial charge is 0.0664 e. The highest BCUT2D eigenvalue weighted by atomic mass is 32.2. The van der Waals surface area contributed by atoms with E-state index in [0.29, 0.717) is 5.25 Å². The van der Waals surface area contributed by atoms with Crippen LogP contribution in [0.2, 0.25) is 0 Å². The van der Waals surface area contributed by atoms with E-state index in [4.69, 9.17) is 5.11 Å². The third kappa shape index (κ3) is 1.35. The lowest BCUT2D eigenvalue weighted by Crippen LogP contribution is -2.10. The van der Waals surface area contributed by atoms with E-state index in [2.05, 4.69) is 0 Å². The molecule has 42 valence electrons. The van der Waals surface area contributed by atoms with E-state index < -0.39 is 0 Å². The molecule has 2 heteroatoms. The van der Waals surface area contributed by atoms with Gasteiger partial charge >= 0.3 is 0 Å². The Morgan fingerprint density at radius 3 is 2.71 bits per heavy atom. The Kier molecular flexibility index (Phi) is 1.60. The van der Waals surface area contributed by atoms with Crippen LogP contribution >= 0.6 is 11.8 Å². The summed E-state index contributed by atoms with van der Waals surface area (Å²) in [4.78, 5) is 0. The van der Waals surface area contributed by atoms with Gasteiger partial charge < -0.3 is 5.11 Å². The quantitative estimate of drug-likeness (QED) is 0.543. The minimum absolute atomic E-state index is 0.0231. The van der Waals surface area contributed by atoms with Crippen LogP contribution in [0, 0.1) is 0 Å². The lowest BCUT2D eigenvalue weighted by atomic mass is 10.2. The van der Waals surface area contributed by atoms with Gasteiger partial charge in [-0.25, -0.2) is 0 Å². The Morgan fingerprint density at radius 2 is 2.57 bits per heavy atom. The van der Waals surface area contributed by atoms with Crippen LogP contribution in [0.15, 0.2) is 0 Å². The summed E-state index contributed by atoms with van der Waals surface area (Å²) in [5.41, 5.74) is 0. The summed E-state index contributed by atoms with van der Waals surface area (Å²) in [6.45, 7) is 2.02. The summed E-state index contributed by atoms with van der Waals surface area (Å²) in [5, 5.41) is 9.56. The lowest BCUT2D eigenvalue weighted by Gasteiger charge is -1.99. The van der Waals surface area contributed by atoms with Crippen molar-refractivity contribution >= 4 is 11.8 Å². The first kappa shape index (κ1) is 5.45. The highest BCUT2D eigenvalue weighted by molar-refractivity contribution is 8.06. The second-order valence-electron chi connectivity index (χ2n) is 1.85. The third-order valence-corrected chi connectivity index (χ3v) is 2.24. The SMILES string of the molecule is CCC(O)C1CS1. The second kappa shape index (κ2) is 2.05. The molecule has 0 radical (unpaired) electrons. The summed E-state index contributed by atoms with van der Waals surface area (Å²) in [7, 11) is 0. The maximum Gasteiger partial charge on any atom is 0.0664 e. The van der Waals surface area contributed by atoms with Crippen molar-refractivity contribution in [3.8, 4) is 0 Å². The molecule has 1 aliphatic heterocycles. The number of aliphatic hydroxyl groups is 1. The van der Waals surface area contributed by atoms with Crippen LogP contribution in [0.5, 0.6) is 0 Å². The summed E-state index contributed by atoms with van der Waals surface area (Å²) < 4.78 is 0. The normalized spacial score (nSPS) is 32.6. The van der Waals surface area contributed by atoms with Crippen molar-refractivity contribution in [2.75, 3.05) is 5.75 Å². The van der Waals surface area contributed by atoms with Gasteiger partial charge in [0.1, 0.15) is 0 Å². The fraction of sp³-hybridized carbons (Fsp3) is 1.00. The van der Waals surface area contributed by atoms with Gasteiger partial charge in [0.05, 0.1) is 6.10 Å². The lowest BCUT2D eigenvalue weighted by molar-refractivity contribution is 0.179. The fourth-order valence-corrected chi connectivity index (χ4v) is 1.29. The largest absolute Gasteiger partial charge is 0.392 e. The monoisotopic (exact) mass is 118 g/mol. The molecular formula is C5H10OS. The Morgan fingerprint density at radius 1 is 2.00 bits per heavy atom. The van der Waals surface area contributed by atoms with Crippen LogP contribution < -0.4 is 0 Å². The zero-order valence-corrected chi connectivity index (χ0v) is 5.24. The van der Waals surface area contributed by atoms with Gasteiger partial charge in [0.15, 0.2) is 0 Å². The molecule has 0 aromatic carbocycles. The van der Waals surface area contributed by atoms with Crippen molar-refractivity contribution in [3.63, 3.8) is 0 Å². The number of thioether (sulfide) groups is 1. The summed E-state index contributed by atoms with van der Waals surface area (Å²) >= 11 is 1.85. The fourth-order valence-electron chi connectivity index (χ4n) is 0.541. The molecule has 0 aliphatic carbocycles. The highest BCUT2D eigenvalue weighted by Gasteiger charge is 2.28. The van der Waals surface area contributed by atoms with Gasteiger partial charge in [-0.2, -0.15) is 11.8 Å². The molecule has 1 nitrogen and oxygen atoms in total. The van der Waals surface area contributed by atoms with Gasteiger partial charge in [-0.15, -0.1) is 0 Å². The molecular weight excluding hydrogens is 108 g/mol. The van der Waals surface area contributed by atoms with Gasteiger partial charge in [0.2, 0.25) is 0 Å². The number of rotatable bonds is 2. The van der Waals surface area contributed by atoms with Crippen LogP contribution in [-0.4, -0.2) is 22.2 Å². The molecule has 0 spiro atoms. The van der Waals surface area contributed by atoms with Gasteiger partial charge in [-0.1, -0.05) is 6.92 Å². The molecule has 7 heavy (non-hydrogen) atoms. The molecule has 0 amide bonds. The standard InChI is InChI=1S/C5H10OS/c1-2-4(6)5-3-7-5/h4-6H,2-3H2,1H3. The molecule has 0 bridgehead atoms. The highest BCUT2D eigenvalue weighted by Crippen LogP contribution is 2.33. The van der Waals surface area contributed by atoms with Gasteiger partial charge in [0.25, 0.3) is 0 Å². The molecule has 1 N–H and O–H groups in total. The molecule has 1 heterocycles. The molecule has 1 rings (SSSR count). The minimum Gasteiger partial charge on any atom is -0.392 e. The van der Waals surface area contributed by atoms with Crippen LogP contribution in [-0.2, 0) is 0 Å². The number of hydrogen-bond acceptors (Lipinski definition) is 2. The van der Waals surface area contributed by atoms with Gasteiger partial charge in [-0.05, 0) is 6.42 Å². The first-order chi connectivity index (χ1) is 3.34. The van der Waals surface area contributed by atoms with E-state index in [1.165, 1.54) is 5.75 Å². The average molecular weight is 118 g/mol. The van der Waals surface area contributed by atoms with Crippen molar-refractivity contribution in [1.82, 2.24) is 0 Å². The second-order valence-corrected chi connectivity index (χ2v) is 3.12. The molecule has 0 aromatic heterocycles. The van der Waals surface area contributed by atoms with Crippen LogP contribution in [0.1, 0.15) is 13.3 Å². The molecule has 1 fully saturated rings. The van der Waals surface area contributed by atoms with E-state index in [0.717, 1.165) is 6.42 Å². The molecule has 1 saturated heterocycles. The first-order valence-corrected chi connectivity index (χ1v) is 3.69. The topological polar surface area (TPSA) is 20.2 Å². The molecule has 0 aromatic rings. The third-order valence-electron chi connectivity index (χ3n) is 1.21. The van der Waals surface area contributed by atoms with Crippen molar-refractivity contribution in [1.29, 1.82) is 0 Å². The van der Waals surface area contributed by atoms with Crippen molar-refractivity contribution in [3.05, 3.63) is 0 Å². The zero-order valence-electron chi connectivity index (χ0n) is 4.42. The summed E-state index contributed by atoms with van der Waals surface area (Å²) in [6, 6.07) is 0. The molecule has 1 aliphatic rings. The van der Waals surface area contributed by atoms with Crippen molar-refractivity contribution in [2.45, 2.75) is 24.7 Å². The van der Waals surface area contributed by atoms with Crippen LogP contribution in [0.4, 0.5) is 0 Å². The molecule has 2 atom stereocenters. The first-order valence-electron chi connectivity index (χ1n) is 2.64. The van der Waals surface area contributed by atoms with Crippen molar-refractivity contribution < 1.29 is 5.11 Å². The van der Waals surface area contributed by atoms with Crippen molar-refractivity contribution in [2.24, 2.45) is 0 Å². The van der Waals surface area contributed by atoms with Crippen LogP contribution in [0.3, 0.4) is 0 Å². The summed E-state index contributed by atoms with van der Waals surface area (Å²) in [6.07, 6.45) is 0.891. The number of hydrogen-bond donors (Lipinski definition) is 1. The van der Waals surface area contributed by atoms with E-state index in [1.807, 2.05) is 18.7 Å². The van der Waals surface area contributed by atoms with Gasteiger partial charge in [-0.3, -0.25) is 0 Å². The van der Waals surface area contributed by atoms with Crippen LogP contribution in [0.25, 0.3) is 0 Å². The summed E-state index contributed by atoms with van der Waals surface area (Å²) in [5.74, 6) is 1.18. The van der Waals surface area contributed by atoms with E-state index in [1.54, 1.807) is 0 Å². The van der Waals surface area contributed by atoms with E-state index >= 15 is 0 Å². The Bertz CT molecular complexity index is 61.1. The Hall–Kier alpha value is 0.310.